The largest absolute Gasteiger partial charge is 0.327 e. The third-order valence-electron chi connectivity index (χ3n) is 2.54. The molecular formula is C11H11BrN2O2. The Labute approximate surface area is 102 Å². The standard InChI is InChI=1S/C11H11BrN2O2/c1-13-10(15)7-14(11(13)16)6-8-2-4-9(12)5-3-8/h2-5H,6-7H2,1H3. The first kappa shape index (κ1) is 11.1. The number of rotatable bonds is 2. The van der Waals surface area contributed by atoms with E-state index in [9.17, 15) is 9.59 Å². The Kier molecular flexibility index (Phi) is 2.96. The molecule has 0 radical (unpaired) electrons. The smallest absolute Gasteiger partial charge is 0.311 e. The molecule has 3 amide bonds. The maximum atomic E-state index is 11.6. The van der Waals surface area contributed by atoms with E-state index in [4.69, 9.17) is 0 Å². The average Bonchev–Trinajstić information content (AvgIpc) is 2.50. The van der Waals surface area contributed by atoms with Gasteiger partial charge in [0, 0.05) is 18.1 Å². The number of urea groups is 1. The van der Waals surface area contributed by atoms with Crippen LogP contribution < -0.4 is 0 Å². The fraction of sp³-hybridized carbons (Fsp3) is 0.273. The van der Waals surface area contributed by atoms with Crippen molar-refractivity contribution in [3.63, 3.8) is 0 Å². The monoisotopic (exact) mass is 282 g/mol. The van der Waals surface area contributed by atoms with E-state index < -0.39 is 0 Å². The van der Waals surface area contributed by atoms with Gasteiger partial charge in [-0.1, -0.05) is 28.1 Å². The minimum absolute atomic E-state index is 0.151. The molecule has 1 heterocycles. The minimum atomic E-state index is -0.229. The number of carbonyl (C=O) groups excluding carboxylic acids is 2. The topological polar surface area (TPSA) is 40.6 Å². The number of hydrogen-bond donors (Lipinski definition) is 0. The van der Waals surface area contributed by atoms with E-state index in [1.165, 1.54) is 11.9 Å². The lowest BCUT2D eigenvalue weighted by Crippen LogP contribution is -2.29. The molecule has 84 valence electrons. The molecule has 0 atom stereocenters. The van der Waals surface area contributed by atoms with Crippen molar-refractivity contribution in [2.75, 3.05) is 13.6 Å². The summed E-state index contributed by atoms with van der Waals surface area (Å²) in [4.78, 5) is 25.6. The van der Waals surface area contributed by atoms with E-state index in [0.29, 0.717) is 6.54 Å². The van der Waals surface area contributed by atoms with Gasteiger partial charge in [0.15, 0.2) is 0 Å². The molecule has 0 unspecified atom stereocenters. The van der Waals surface area contributed by atoms with Gasteiger partial charge in [-0.05, 0) is 17.7 Å². The van der Waals surface area contributed by atoms with Crippen LogP contribution in [-0.2, 0) is 11.3 Å². The molecule has 0 aromatic heterocycles. The van der Waals surface area contributed by atoms with Crippen molar-refractivity contribution in [3.05, 3.63) is 34.3 Å². The lowest BCUT2D eigenvalue weighted by molar-refractivity contribution is -0.124. The van der Waals surface area contributed by atoms with Gasteiger partial charge in [0.25, 0.3) is 0 Å². The van der Waals surface area contributed by atoms with Crippen molar-refractivity contribution >= 4 is 27.9 Å². The molecular weight excluding hydrogens is 272 g/mol. The lowest BCUT2D eigenvalue weighted by atomic mass is 10.2. The van der Waals surface area contributed by atoms with Crippen LogP contribution in [0.15, 0.2) is 28.7 Å². The molecule has 1 aromatic rings. The molecule has 1 saturated heterocycles. The van der Waals surface area contributed by atoms with Gasteiger partial charge in [-0.3, -0.25) is 9.69 Å². The summed E-state index contributed by atoms with van der Waals surface area (Å²) in [5.74, 6) is -0.151. The number of amides is 3. The summed E-state index contributed by atoms with van der Waals surface area (Å²) in [6, 6.07) is 7.47. The Morgan fingerprint density at radius 1 is 1.25 bits per heavy atom. The number of nitrogens with zero attached hydrogens (tertiary/aromatic N) is 2. The number of imide groups is 1. The Morgan fingerprint density at radius 3 is 2.38 bits per heavy atom. The Morgan fingerprint density at radius 2 is 1.88 bits per heavy atom. The van der Waals surface area contributed by atoms with Crippen molar-refractivity contribution in [2.24, 2.45) is 0 Å². The SMILES string of the molecule is CN1C(=O)CN(Cc2ccc(Br)cc2)C1=O. The molecule has 0 saturated carbocycles. The highest BCUT2D eigenvalue weighted by molar-refractivity contribution is 9.10. The summed E-state index contributed by atoms with van der Waals surface area (Å²) in [5.41, 5.74) is 1.01. The van der Waals surface area contributed by atoms with Gasteiger partial charge in [0.05, 0.1) is 0 Å². The number of hydrogen-bond acceptors (Lipinski definition) is 2. The van der Waals surface area contributed by atoms with Crippen LogP contribution in [0.4, 0.5) is 4.79 Å². The fourth-order valence-corrected chi connectivity index (χ4v) is 1.85. The average molecular weight is 283 g/mol. The summed E-state index contributed by atoms with van der Waals surface area (Å²) >= 11 is 3.35. The van der Waals surface area contributed by atoms with E-state index >= 15 is 0 Å². The zero-order chi connectivity index (χ0) is 11.7. The number of halogens is 1. The highest BCUT2D eigenvalue weighted by Crippen LogP contribution is 2.15. The lowest BCUT2D eigenvalue weighted by Gasteiger charge is -2.14. The zero-order valence-electron chi connectivity index (χ0n) is 8.81. The molecule has 1 fully saturated rings. The third-order valence-corrected chi connectivity index (χ3v) is 3.07. The quantitative estimate of drug-likeness (QED) is 0.777. The predicted octanol–water partition coefficient (Wildman–Crippen LogP) is 1.84. The normalized spacial score (nSPS) is 16.1. The predicted molar refractivity (Wildman–Crippen MR) is 62.7 cm³/mol. The molecule has 1 aliphatic rings. The second-order valence-corrected chi connectivity index (χ2v) is 4.63. The number of carbonyl (C=O) groups is 2. The van der Waals surface area contributed by atoms with Gasteiger partial charge >= 0.3 is 6.03 Å². The van der Waals surface area contributed by atoms with Gasteiger partial charge in [-0.2, -0.15) is 0 Å². The highest BCUT2D eigenvalue weighted by Gasteiger charge is 2.32. The third kappa shape index (κ3) is 2.09. The van der Waals surface area contributed by atoms with E-state index in [1.807, 2.05) is 24.3 Å². The van der Waals surface area contributed by atoms with Gasteiger partial charge in [0.2, 0.25) is 5.91 Å². The molecule has 5 heteroatoms. The second kappa shape index (κ2) is 4.25. The van der Waals surface area contributed by atoms with Crippen molar-refractivity contribution in [3.8, 4) is 0 Å². The Bertz CT molecular complexity index is 430. The van der Waals surface area contributed by atoms with E-state index in [-0.39, 0.29) is 18.5 Å². The van der Waals surface area contributed by atoms with Crippen molar-refractivity contribution in [1.29, 1.82) is 0 Å². The molecule has 16 heavy (non-hydrogen) atoms. The van der Waals surface area contributed by atoms with E-state index in [1.54, 1.807) is 0 Å². The fourth-order valence-electron chi connectivity index (χ4n) is 1.59. The summed E-state index contributed by atoms with van der Waals surface area (Å²) < 4.78 is 0.997. The van der Waals surface area contributed by atoms with Crippen LogP contribution in [0.25, 0.3) is 0 Å². The second-order valence-electron chi connectivity index (χ2n) is 3.72. The van der Waals surface area contributed by atoms with E-state index in [2.05, 4.69) is 15.9 Å². The number of benzene rings is 1. The molecule has 0 spiro atoms. The van der Waals surface area contributed by atoms with Crippen molar-refractivity contribution in [2.45, 2.75) is 6.54 Å². The highest BCUT2D eigenvalue weighted by atomic mass is 79.9. The first-order valence-electron chi connectivity index (χ1n) is 4.88. The molecule has 1 aliphatic heterocycles. The van der Waals surface area contributed by atoms with Crippen molar-refractivity contribution in [1.82, 2.24) is 9.80 Å². The summed E-state index contributed by atoms with van der Waals surface area (Å²) in [7, 11) is 1.51. The van der Waals surface area contributed by atoms with Crippen LogP contribution in [0.1, 0.15) is 5.56 Å². The van der Waals surface area contributed by atoms with Gasteiger partial charge in [-0.15, -0.1) is 0 Å². The summed E-state index contributed by atoms with van der Waals surface area (Å²) in [5, 5.41) is 0. The molecule has 1 aromatic carbocycles. The summed E-state index contributed by atoms with van der Waals surface area (Å²) in [6.07, 6.45) is 0. The Hall–Kier alpha value is -1.36. The van der Waals surface area contributed by atoms with E-state index in [0.717, 1.165) is 14.9 Å². The van der Waals surface area contributed by atoms with Crippen LogP contribution in [0.3, 0.4) is 0 Å². The van der Waals surface area contributed by atoms with Gasteiger partial charge < -0.3 is 4.90 Å². The minimum Gasteiger partial charge on any atom is -0.311 e. The maximum Gasteiger partial charge on any atom is 0.327 e. The van der Waals surface area contributed by atoms with Crippen LogP contribution in [0, 0.1) is 0 Å². The first-order chi connectivity index (χ1) is 7.58. The van der Waals surface area contributed by atoms with Crippen molar-refractivity contribution < 1.29 is 9.59 Å². The van der Waals surface area contributed by atoms with Crippen LogP contribution in [0.2, 0.25) is 0 Å². The molecule has 4 nitrogen and oxygen atoms in total. The molecule has 0 N–H and O–H groups in total. The van der Waals surface area contributed by atoms with Crippen LogP contribution in [0.5, 0.6) is 0 Å². The van der Waals surface area contributed by atoms with Crippen LogP contribution in [-0.4, -0.2) is 35.3 Å². The molecule has 0 bridgehead atoms. The molecule has 2 rings (SSSR count). The zero-order valence-corrected chi connectivity index (χ0v) is 10.4. The number of likely N-dealkylation sites (N-methyl/N-ethyl adjacent to an activating group) is 1. The van der Waals surface area contributed by atoms with Gasteiger partial charge in [0.1, 0.15) is 6.54 Å². The summed E-state index contributed by atoms with van der Waals surface area (Å²) in [6.45, 7) is 0.646. The maximum absolute atomic E-state index is 11.6. The van der Waals surface area contributed by atoms with Gasteiger partial charge in [-0.25, -0.2) is 4.79 Å². The Balaban J connectivity index is 2.09. The van der Waals surface area contributed by atoms with Crippen LogP contribution >= 0.6 is 15.9 Å². The molecule has 0 aliphatic carbocycles. The first-order valence-corrected chi connectivity index (χ1v) is 5.67.